The van der Waals surface area contributed by atoms with Crippen LogP contribution >= 0.6 is 11.6 Å². The number of nitrogens with one attached hydrogen (secondary N) is 2. The van der Waals surface area contributed by atoms with E-state index in [4.69, 9.17) is 16.0 Å². The van der Waals surface area contributed by atoms with E-state index in [1.54, 1.807) is 31.3 Å². The monoisotopic (exact) mass is 440 g/mol. The standard InChI is InChI=1S/C19H16ClF3N4O3/c1-24-10-15(25-16(28)11-2-6-13(20)7-3-11)18-27-26-17(29-18)12-4-8-14(9-5-12)30-19(21,22)23/h2-9,15,24H,10H2,1H3,(H,25,28). The maximum absolute atomic E-state index is 12.5. The third-order valence-electron chi connectivity index (χ3n) is 3.89. The molecule has 0 aliphatic carbocycles. The molecule has 1 atom stereocenters. The molecule has 1 heterocycles. The van der Waals surface area contributed by atoms with Crippen LogP contribution in [0.1, 0.15) is 22.3 Å². The van der Waals surface area contributed by atoms with Gasteiger partial charge in [-0.1, -0.05) is 11.6 Å². The molecule has 0 saturated heterocycles. The first-order valence-electron chi connectivity index (χ1n) is 8.66. The Labute approximate surface area is 174 Å². The molecule has 1 unspecified atom stereocenters. The molecule has 30 heavy (non-hydrogen) atoms. The summed E-state index contributed by atoms with van der Waals surface area (Å²) in [6.45, 7) is 0.305. The summed E-state index contributed by atoms with van der Waals surface area (Å²) in [5.74, 6) is -0.503. The molecule has 0 spiro atoms. The van der Waals surface area contributed by atoms with E-state index in [2.05, 4.69) is 25.6 Å². The van der Waals surface area contributed by atoms with Gasteiger partial charge in [0.25, 0.3) is 5.91 Å². The SMILES string of the molecule is CNCC(NC(=O)c1ccc(Cl)cc1)c1nnc(-c2ccc(OC(F)(F)F)cc2)o1. The summed E-state index contributed by atoms with van der Waals surface area (Å²) in [5.41, 5.74) is 0.802. The molecule has 0 bridgehead atoms. The Morgan fingerprint density at radius 2 is 1.80 bits per heavy atom. The summed E-state index contributed by atoms with van der Waals surface area (Å²) < 4.78 is 46.2. The Hall–Kier alpha value is -3.11. The van der Waals surface area contributed by atoms with Gasteiger partial charge in [-0.15, -0.1) is 23.4 Å². The first-order valence-corrected chi connectivity index (χ1v) is 9.03. The van der Waals surface area contributed by atoms with E-state index >= 15 is 0 Å². The van der Waals surface area contributed by atoms with Crippen LogP contribution in [0.2, 0.25) is 5.02 Å². The molecular formula is C19H16ClF3N4O3. The molecule has 3 aromatic rings. The fraction of sp³-hybridized carbons (Fsp3) is 0.211. The lowest BCUT2D eigenvalue weighted by atomic mass is 10.2. The normalized spacial score (nSPS) is 12.4. The number of aromatic nitrogens is 2. The zero-order valence-electron chi connectivity index (χ0n) is 15.5. The average molecular weight is 441 g/mol. The number of likely N-dealkylation sites (N-methyl/N-ethyl adjacent to an activating group) is 1. The molecule has 0 aliphatic rings. The first kappa shape index (κ1) is 21.6. The second kappa shape index (κ2) is 9.14. The maximum Gasteiger partial charge on any atom is 0.573 e. The Morgan fingerprint density at radius 1 is 1.13 bits per heavy atom. The van der Waals surface area contributed by atoms with Gasteiger partial charge in [-0.05, 0) is 55.6 Å². The van der Waals surface area contributed by atoms with Gasteiger partial charge in [0, 0.05) is 22.7 Å². The van der Waals surface area contributed by atoms with Crippen molar-refractivity contribution < 1.29 is 27.1 Å². The van der Waals surface area contributed by atoms with Crippen LogP contribution in [0.4, 0.5) is 13.2 Å². The zero-order valence-corrected chi connectivity index (χ0v) is 16.3. The van der Waals surface area contributed by atoms with Gasteiger partial charge in [-0.3, -0.25) is 4.79 Å². The van der Waals surface area contributed by atoms with E-state index in [-0.39, 0.29) is 23.4 Å². The number of alkyl halides is 3. The van der Waals surface area contributed by atoms with E-state index in [9.17, 15) is 18.0 Å². The number of rotatable bonds is 7. The number of halogens is 4. The highest BCUT2D eigenvalue weighted by Gasteiger charge is 2.31. The number of ether oxygens (including phenoxy) is 1. The molecule has 0 radical (unpaired) electrons. The van der Waals surface area contributed by atoms with Crippen LogP contribution in [0.15, 0.2) is 52.9 Å². The van der Waals surface area contributed by atoms with Gasteiger partial charge in [-0.25, -0.2) is 0 Å². The summed E-state index contributed by atoms with van der Waals surface area (Å²) >= 11 is 5.83. The summed E-state index contributed by atoms with van der Waals surface area (Å²) in [4.78, 5) is 12.5. The molecule has 2 aromatic carbocycles. The summed E-state index contributed by atoms with van der Waals surface area (Å²) in [6.07, 6.45) is -4.78. The quantitative estimate of drug-likeness (QED) is 0.577. The van der Waals surface area contributed by atoms with Gasteiger partial charge in [0.05, 0.1) is 0 Å². The Balaban J connectivity index is 1.74. The fourth-order valence-corrected chi connectivity index (χ4v) is 2.66. The topological polar surface area (TPSA) is 89.3 Å². The van der Waals surface area contributed by atoms with Crippen molar-refractivity contribution in [2.75, 3.05) is 13.6 Å². The number of hydrogen-bond acceptors (Lipinski definition) is 6. The number of benzene rings is 2. The summed E-state index contributed by atoms with van der Waals surface area (Å²) in [6, 6.07) is 10.7. The molecular weight excluding hydrogens is 425 g/mol. The predicted octanol–water partition coefficient (Wildman–Crippen LogP) is 3.98. The smallest absolute Gasteiger partial charge is 0.418 e. The molecule has 1 amide bonds. The van der Waals surface area contributed by atoms with Crippen molar-refractivity contribution in [2.45, 2.75) is 12.4 Å². The number of carbonyl (C=O) groups is 1. The van der Waals surface area contributed by atoms with Crippen LogP contribution in [0.25, 0.3) is 11.5 Å². The Bertz CT molecular complexity index is 992. The largest absolute Gasteiger partial charge is 0.573 e. The average Bonchev–Trinajstić information content (AvgIpc) is 3.17. The molecule has 11 heteroatoms. The van der Waals surface area contributed by atoms with Crippen LogP contribution in [0, 0.1) is 0 Å². The van der Waals surface area contributed by atoms with Crippen molar-refractivity contribution in [3.8, 4) is 17.2 Å². The van der Waals surface area contributed by atoms with E-state index in [1.807, 2.05) is 0 Å². The summed E-state index contributed by atoms with van der Waals surface area (Å²) in [7, 11) is 1.69. The predicted molar refractivity (Wildman–Crippen MR) is 102 cm³/mol. The van der Waals surface area contributed by atoms with Gasteiger partial charge in [-0.2, -0.15) is 0 Å². The molecule has 7 nitrogen and oxygen atoms in total. The molecule has 0 saturated carbocycles. The number of carbonyl (C=O) groups excluding carboxylic acids is 1. The molecule has 2 N–H and O–H groups in total. The van der Waals surface area contributed by atoms with Gasteiger partial charge < -0.3 is 19.8 Å². The Kier molecular flexibility index (Phi) is 6.58. The van der Waals surface area contributed by atoms with Crippen LogP contribution in [0.3, 0.4) is 0 Å². The van der Waals surface area contributed by atoms with Crippen molar-refractivity contribution >= 4 is 17.5 Å². The van der Waals surface area contributed by atoms with E-state index in [0.29, 0.717) is 22.7 Å². The van der Waals surface area contributed by atoms with Crippen molar-refractivity contribution in [3.05, 3.63) is 65.0 Å². The van der Waals surface area contributed by atoms with Gasteiger partial charge in [0.15, 0.2) is 0 Å². The van der Waals surface area contributed by atoms with Crippen molar-refractivity contribution in [2.24, 2.45) is 0 Å². The zero-order chi connectivity index (χ0) is 21.7. The molecule has 0 aliphatic heterocycles. The van der Waals surface area contributed by atoms with Crippen LogP contribution < -0.4 is 15.4 Å². The lowest BCUT2D eigenvalue weighted by molar-refractivity contribution is -0.274. The minimum absolute atomic E-state index is 0.0883. The minimum atomic E-state index is -4.78. The van der Waals surface area contributed by atoms with Crippen LogP contribution in [-0.4, -0.2) is 36.1 Å². The highest BCUT2D eigenvalue weighted by molar-refractivity contribution is 6.30. The van der Waals surface area contributed by atoms with Crippen molar-refractivity contribution in [3.63, 3.8) is 0 Å². The van der Waals surface area contributed by atoms with E-state index in [1.165, 1.54) is 12.1 Å². The lowest BCUT2D eigenvalue weighted by Gasteiger charge is -2.14. The second-order valence-corrected chi connectivity index (χ2v) is 6.54. The molecule has 158 valence electrons. The third-order valence-corrected chi connectivity index (χ3v) is 4.15. The first-order chi connectivity index (χ1) is 14.2. The number of hydrogen-bond donors (Lipinski definition) is 2. The summed E-state index contributed by atoms with van der Waals surface area (Å²) in [5, 5.41) is 14.1. The number of amides is 1. The van der Waals surface area contributed by atoms with Crippen LogP contribution in [-0.2, 0) is 0 Å². The van der Waals surface area contributed by atoms with E-state index in [0.717, 1.165) is 12.1 Å². The number of nitrogens with zero attached hydrogens (tertiary/aromatic N) is 2. The van der Waals surface area contributed by atoms with Gasteiger partial charge in [0.2, 0.25) is 11.8 Å². The van der Waals surface area contributed by atoms with Gasteiger partial charge in [0.1, 0.15) is 11.8 Å². The Morgan fingerprint density at radius 3 is 2.40 bits per heavy atom. The maximum atomic E-state index is 12.5. The molecule has 0 fully saturated rings. The van der Waals surface area contributed by atoms with Crippen molar-refractivity contribution in [1.82, 2.24) is 20.8 Å². The fourth-order valence-electron chi connectivity index (χ4n) is 2.54. The minimum Gasteiger partial charge on any atom is -0.418 e. The molecule has 3 rings (SSSR count). The highest BCUT2D eigenvalue weighted by atomic mass is 35.5. The lowest BCUT2D eigenvalue weighted by Crippen LogP contribution is -2.34. The van der Waals surface area contributed by atoms with Crippen LogP contribution in [0.5, 0.6) is 5.75 Å². The third kappa shape index (κ3) is 5.71. The van der Waals surface area contributed by atoms with Crippen molar-refractivity contribution in [1.29, 1.82) is 0 Å². The highest BCUT2D eigenvalue weighted by Crippen LogP contribution is 2.26. The van der Waals surface area contributed by atoms with Gasteiger partial charge >= 0.3 is 6.36 Å². The van der Waals surface area contributed by atoms with E-state index < -0.39 is 12.4 Å². The second-order valence-electron chi connectivity index (χ2n) is 6.11. The molecule has 1 aromatic heterocycles.